The molecule has 150 valence electrons. The van der Waals surface area contributed by atoms with E-state index in [1.165, 1.54) is 10.5 Å². The van der Waals surface area contributed by atoms with Gasteiger partial charge in [-0.25, -0.2) is 13.6 Å². The minimum atomic E-state index is -0.919. The summed E-state index contributed by atoms with van der Waals surface area (Å²) in [7, 11) is 0. The Hall–Kier alpha value is -1.95. The van der Waals surface area contributed by atoms with E-state index in [0.717, 1.165) is 12.5 Å². The average molecular weight is 452 g/mol. The predicted octanol–water partition coefficient (Wildman–Crippen LogP) is 6.42. The van der Waals surface area contributed by atoms with Crippen molar-refractivity contribution in [3.63, 3.8) is 0 Å². The van der Waals surface area contributed by atoms with Gasteiger partial charge in [-0.1, -0.05) is 30.3 Å². The van der Waals surface area contributed by atoms with E-state index >= 15 is 0 Å². The second kappa shape index (κ2) is 8.19. The van der Waals surface area contributed by atoms with Gasteiger partial charge in [0.15, 0.2) is 11.6 Å². The molecule has 0 bridgehead atoms. The Bertz CT molecular complexity index is 865. The highest BCUT2D eigenvalue weighted by Crippen LogP contribution is 2.41. The number of hydrogen-bond acceptors (Lipinski definition) is 2. The fourth-order valence-corrected chi connectivity index (χ4v) is 4.18. The second-order valence-corrected chi connectivity index (χ2v) is 8.90. The van der Waals surface area contributed by atoms with Crippen molar-refractivity contribution in [2.45, 2.75) is 58.1 Å². The lowest BCUT2D eigenvalue weighted by atomic mass is 9.91. The number of fused-ring (bicyclic) bond motifs is 1. The van der Waals surface area contributed by atoms with Crippen molar-refractivity contribution in [1.82, 2.24) is 0 Å². The highest BCUT2D eigenvalue weighted by atomic mass is 79.9. The molecular formula is C22H24BrF2NO2. The maximum Gasteiger partial charge on any atom is 0.415 e. The number of carbonyl (C=O) groups is 1. The number of hydrogen-bond donors (Lipinski definition) is 0. The molecule has 0 saturated heterocycles. The van der Waals surface area contributed by atoms with Crippen molar-refractivity contribution in [3.8, 4) is 0 Å². The quantitative estimate of drug-likeness (QED) is 0.504. The summed E-state index contributed by atoms with van der Waals surface area (Å²) in [6, 6.07) is 10.9. The van der Waals surface area contributed by atoms with Crippen LogP contribution in [0, 0.1) is 11.6 Å². The summed E-state index contributed by atoms with van der Waals surface area (Å²) in [5, 5.41) is 0. The molecule has 0 aliphatic carbocycles. The van der Waals surface area contributed by atoms with E-state index in [4.69, 9.17) is 4.74 Å². The normalized spacial score (nSPS) is 16.6. The minimum absolute atomic E-state index is 0.163. The number of rotatable bonds is 3. The van der Waals surface area contributed by atoms with Gasteiger partial charge < -0.3 is 4.74 Å². The van der Waals surface area contributed by atoms with Crippen LogP contribution in [0.2, 0.25) is 0 Å². The number of amides is 1. The Morgan fingerprint density at radius 2 is 1.93 bits per heavy atom. The van der Waals surface area contributed by atoms with Gasteiger partial charge in [0.05, 0.1) is 5.69 Å². The number of nitrogens with zero attached hydrogens (tertiary/aromatic N) is 1. The Balaban J connectivity index is 1.96. The highest BCUT2D eigenvalue weighted by Gasteiger charge is 2.37. The van der Waals surface area contributed by atoms with E-state index in [9.17, 15) is 13.6 Å². The van der Waals surface area contributed by atoms with E-state index in [0.29, 0.717) is 29.4 Å². The summed E-state index contributed by atoms with van der Waals surface area (Å²) >= 11 is 3.32. The van der Waals surface area contributed by atoms with Gasteiger partial charge in [-0.3, -0.25) is 4.90 Å². The fraction of sp³-hybridized carbons (Fsp3) is 0.409. The third kappa shape index (κ3) is 4.54. The molecule has 2 aromatic rings. The van der Waals surface area contributed by atoms with Crippen molar-refractivity contribution < 1.29 is 18.3 Å². The first-order chi connectivity index (χ1) is 13.2. The van der Waals surface area contributed by atoms with Crippen LogP contribution in [0.4, 0.5) is 19.3 Å². The van der Waals surface area contributed by atoms with Crippen LogP contribution in [0.3, 0.4) is 0 Å². The molecule has 0 saturated carbocycles. The van der Waals surface area contributed by atoms with Gasteiger partial charge in [-0.15, -0.1) is 0 Å². The zero-order valence-electron chi connectivity index (χ0n) is 16.3. The topological polar surface area (TPSA) is 29.5 Å². The van der Waals surface area contributed by atoms with E-state index < -0.39 is 23.3 Å². The van der Waals surface area contributed by atoms with E-state index in [1.54, 1.807) is 20.8 Å². The van der Waals surface area contributed by atoms with Gasteiger partial charge in [0.2, 0.25) is 0 Å². The summed E-state index contributed by atoms with van der Waals surface area (Å²) in [6.07, 6.45) is 1.86. The molecular weight excluding hydrogens is 428 g/mol. The smallest absolute Gasteiger partial charge is 0.415 e. The van der Waals surface area contributed by atoms with Crippen LogP contribution in [0.25, 0.3) is 0 Å². The van der Waals surface area contributed by atoms with Crippen molar-refractivity contribution in [2.75, 3.05) is 4.90 Å². The maximum atomic E-state index is 14.4. The second-order valence-electron chi connectivity index (χ2n) is 8.05. The fourth-order valence-electron chi connectivity index (χ4n) is 3.55. The standard InChI is InChI=1S/C22H24BrF2NO2/c1-22(2,3)28-21(27)26-15(10-9-14-7-5-4-6-8-14)11-12-16-19(25)18(24)13-17(23)20(16)26/h4-8,13,15H,9-12H2,1-3H3. The summed E-state index contributed by atoms with van der Waals surface area (Å²) in [5.74, 6) is -1.81. The molecule has 1 unspecified atom stereocenters. The van der Waals surface area contributed by atoms with E-state index in [1.807, 2.05) is 30.3 Å². The van der Waals surface area contributed by atoms with Crippen LogP contribution in [0.1, 0.15) is 44.7 Å². The molecule has 3 nitrogen and oxygen atoms in total. The lowest BCUT2D eigenvalue weighted by Crippen LogP contribution is -2.47. The van der Waals surface area contributed by atoms with Gasteiger partial charge in [-0.2, -0.15) is 0 Å². The highest BCUT2D eigenvalue weighted by molar-refractivity contribution is 9.10. The molecule has 1 aliphatic heterocycles. The number of anilines is 1. The molecule has 0 spiro atoms. The molecule has 1 atom stereocenters. The maximum absolute atomic E-state index is 14.4. The van der Waals surface area contributed by atoms with Gasteiger partial charge in [0.25, 0.3) is 0 Å². The summed E-state index contributed by atoms with van der Waals surface area (Å²) in [6.45, 7) is 5.36. The first-order valence-corrected chi connectivity index (χ1v) is 10.2. The summed E-state index contributed by atoms with van der Waals surface area (Å²) in [4.78, 5) is 14.5. The molecule has 1 amide bonds. The van der Waals surface area contributed by atoms with Crippen molar-refractivity contribution in [3.05, 3.63) is 63.6 Å². The Kier molecular flexibility index (Phi) is 6.08. The Morgan fingerprint density at radius 1 is 1.25 bits per heavy atom. The largest absolute Gasteiger partial charge is 0.443 e. The van der Waals surface area contributed by atoms with Crippen molar-refractivity contribution >= 4 is 27.7 Å². The van der Waals surface area contributed by atoms with E-state index in [2.05, 4.69) is 15.9 Å². The SMILES string of the molecule is CC(C)(C)OC(=O)N1c2c(Br)cc(F)c(F)c2CCC1CCc1ccccc1. The molecule has 1 aliphatic rings. The molecule has 0 radical (unpaired) electrons. The molecule has 2 aromatic carbocycles. The lowest BCUT2D eigenvalue weighted by molar-refractivity contribution is 0.0558. The molecule has 0 aromatic heterocycles. The van der Waals surface area contributed by atoms with Crippen LogP contribution in [0.15, 0.2) is 40.9 Å². The predicted molar refractivity (Wildman–Crippen MR) is 110 cm³/mol. The summed E-state index contributed by atoms with van der Waals surface area (Å²) in [5.41, 5.74) is 1.07. The third-order valence-electron chi connectivity index (χ3n) is 4.77. The number of carbonyl (C=O) groups excluding carboxylic acids is 1. The van der Waals surface area contributed by atoms with E-state index in [-0.39, 0.29) is 11.6 Å². The zero-order valence-corrected chi connectivity index (χ0v) is 17.9. The van der Waals surface area contributed by atoms with Crippen molar-refractivity contribution in [1.29, 1.82) is 0 Å². The molecule has 6 heteroatoms. The first-order valence-electron chi connectivity index (χ1n) is 9.40. The lowest BCUT2D eigenvalue weighted by Gasteiger charge is -2.39. The van der Waals surface area contributed by atoms with Crippen LogP contribution >= 0.6 is 15.9 Å². The van der Waals surface area contributed by atoms with Crippen LogP contribution in [0.5, 0.6) is 0 Å². The zero-order chi connectivity index (χ0) is 20.5. The van der Waals surface area contributed by atoms with Gasteiger partial charge >= 0.3 is 6.09 Å². The van der Waals surface area contributed by atoms with Crippen LogP contribution < -0.4 is 4.90 Å². The molecule has 0 fully saturated rings. The first kappa shape index (κ1) is 20.8. The number of benzene rings is 2. The van der Waals surface area contributed by atoms with Crippen LogP contribution in [-0.2, 0) is 17.6 Å². The number of ether oxygens (including phenoxy) is 1. The number of halogens is 3. The molecule has 3 rings (SSSR count). The van der Waals surface area contributed by atoms with Gasteiger partial charge in [-0.05, 0) is 74.0 Å². The summed E-state index contributed by atoms with van der Waals surface area (Å²) < 4.78 is 34.3. The average Bonchev–Trinajstić information content (AvgIpc) is 2.63. The monoisotopic (exact) mass is 451 g/mol. The number of aryl methyl sites for hydroxylation is 1. The molecule has 28 heavy (non-hydrogen) atoms. The molecule has 0 N–H and O–H groups in total. The minimum Gasteiger partial charge on any atom is -0.443 e. The third-order valence-corrected chi connectivity index (χ3v) is 5.38. The van der Waals surface area contributed by atoms with Gasteiger partial charge in [0.1, 0.15) is 5.60 Å². The van der Waals surface area contributed by atoms with Crippen molar-refractivity contribution in [2.24, 2.45) is 0 Å². The Morgan fingerprint density at radius 3 is 2.57 bits per heavy atom. The molecule has 1 heterocycles. The van der Waals surface area contributed by atoms with Gasteiger partial charge in [0, 0.05) is 16.1 Å². The van der Waals surface area contributed by atoms with Crippen LogP contribution in [-0.4, -0.2) is 17.7 Å². The Labute approximate surface area is 172 Å².